The van der Waals surface area contributed by atoms with E-state index in [0.717, 1.165) is 19.6 Å². The maximum atomic E-state index is 11.0. The van der Waals surface area contributed by atoms with Gasteiger partial charge in [0.15, 0.2) is 0 Å². The highest BCUT2D eigenvalue weighted by atomic mass is 16.5. The number of carbonyl (C=O) groups is 1. The molecule has 1 aliphatic rings. The first-order chi connectivity index (χ1) is 9.66. The second-order valence-electron chi connectivity index (χ2n) is 5.27. The topological polar surface area (TPSA) is 61.8 Å². The summed E-state index contributed by atoms with van der Waals surface area (Å²) in [5.41, 5.74) is 0.213. The van der Waals surface area contributed by atoms with E-state index in [1.54, 1.807) is 24.3 Å². The Morgan fingerprint density at radius 2 is 2.30 bits per heavy atom. The average Bonchev–Trinajstić information content (AvgIpc) is 2.84. The maximum Gasteiger partial charge on any atom is 0.339 e. The lowest BCUT2D eigenvalue weighted by molar-refractivity contribution is 0.0692. The quantitative estimate of drug-likeness (QED) is 0.736. The third-order valence-corrected chi connectivity index (χ3v) is 3.58. The highest BCUT2D eigenvalue weighted by Crippen LogP contribution is 2.17. The second-order valence-corrected chi connectivity index (χ2v) is 5.27. The summed E-state index contributed by atoms with van der Waals surface area (Å²) in [5, 5.41) is 12.4. The molecule has 110 valence electrons. The van der Waals surface area contributed by atoms with E-state index in [4.69, 9.17) is 9.84 Å². The fraction of sp³-hybridized carbons (Fsp3) is 0.533. The fourth-order valence-electron chi connectivity index (χ4n) is 2.50. The molecule has 20 heavy (non-hydrogen) atoms. The lowest BCUT2D eigenvalue weighted by Crippen LogP contribution is -2.28. The van der Waals surface area contributed by atoms with Crippen LogP contribution in [0, 0.1) is 5.92 Å². The van der Waals surface area contributed by atoms with E-state index in [1.807, 2.05) is 0 Å². The van der Waals surface area contributed by atoms with E-state index >= 15 is 0 Å². The molecule has 1 heterocycles. The first-order valence-corrected chi connectivity index (χ1v) is 7.01. The zero-order valence-electron chi connectivity index (χ0n) is 11.8. The van der Waals surface area contributed by atoms with Gasteiger partial charge in [0.2, 0.25) is 0 Å². The van der Waals surface area contributed by atoms with E-state index < -0.39 is 5.97 Å². The fourth-order valence-corrected chi connectivity index (χ4v) is 2.50. The van der Waals surface area contributed by atoms with Crippen LogP contribution in [-0.4, -0.2) is 55.8 Å². The number of hydrogen-bond acceptors (Lipinski definition) is 4. The van der Waals surface area contributed by atoms with Crippen molar-refractivity contribution in [2.75, 3.05) is 39.8 Å². The summed E-state index contributed by atoms with van der Waals surface area (Å²) in [7, 11) is 2.14. The van der Waals surface area contributed by atoms with Crippen LogP contribution < -0.4 is 10.1 Å². The third-order valence-electron chi connectivity index (χ3n) is 3.58. The van der Waals surface area contributed by atoms with Crippen molar-refractivity contribution in [2.24, 2.45) is 5.92 Å². The summed E-state index contributed by atoms with van der Waals surface area (Å²) in [4.78, 5) is 13.4. The minimum absolute atomic E-state index is 0.213. The number of aromatic carboxylic acids is 1. The number of nitrogens with one attached hydrogen (secondary N) is 1. The number of carboxylic acids is 1. The highest BCUT2D eigenvalue weighted by Gasteiger charge is 2.18. The molecular formula is C15H22N2O3. The molecule has 0 amide bonds. The van der Waals surface area contributed by atoms with Crippen molar-refractivity contribution in [3.05, 3.63) is 29.8 Å². The number of likely N-dealkylation sites (tertiary alicyclic amines) is 1. The van der Waals surface area contributed by atoms with Gasteiger partial charge < -0.3 is 20.1 Å². The number of hydrogen-bond donors (Lipinski definition) is 2. The Balaban J connectivity index is 1.67. The Hall–Kier alpha value is -1.59. The molecule has 1 aromatic rings. The van der Waals surface area contributed by atoms with Crippen LogP contribution in [0.4, 0.5) is 0 Å². The molecule has 1 atom stereocenters. The molecule has 0 bridgehead atoms. The standard InChI is InChI=1S/C15H22N2O3/c1-17-8-6-12(11-17)10-16-7-9-20-14-5-3-2-4-13(14)15(18)19/h2-5,12,16H,6-11H2,1H3,(H,18,19). The van der Waals surface area contributed by atoms with Crippen LogP contribution in [0.15, 0.2) is 24.3 Å². The summed E-state index contributed by atoms with van der Waals surface area (Å²) in [6, 6.07) is 6.73. The number of para-hydroxylation sites is 1. The summed E-state index contributed by atoms with van der Waals surface area (Å²) in [6.45, 7) is 4.53. The van der Waals surface area contributed by atoms with Crippen molar-refractivity contribution in [3.8, 4) is 5.75 Å². The molecule has 0 aromatic heterocycles. The molecule has 1 aliphatic heterocycles. The zero-order valence-corrected chi connectivity index (χ0v) is 11.8. The van der Waals surface area contributed by atoms with Gasteiger partial charge in [0.1, 0.15) is 17.9 Å². The minimum atomic E-state index is -0.956. The number of nitrogens with zero attached hydrogens (tertiary/aromatic N) is 1. The predicted molar refractivity (Wildman–Crippen MR) is 77.4 cm³/mol. The Morgan fingerprint density at radius 3 is 3.00 bits per heavy atom. The number of carboxylic acid groups (broad SMARTS) is 1. The highest BCUT2D eigenvalue weighted by molar-refractivity contribution is 5.90. The van der Waals surface area contributed by atoms with Gasteiger partial charge in [0, 0.05) is 13.1 Å². The van der Waals surface area contributed by atoms with Crippen LogP contribution in [0.2, 0.25) is 0 Å². The molecule has 5 heteroatoms. The molecule has 1 saturated heterocycles. The lowest BCUT2D eigenvalue weighted by Gasteiger charge is -2.13. The van der Waals surface area contributed by atoms with E-state index in [9.17, 15) is 4.79 Å². The van der Waals surface area contributed by atoms with Crippen LogP contribution >= 0.6 is 0 Å². The monoisotopic (exact) mass is 278 g/mol. The largest absolute Gasteiger partial charge is 0.491 e. The molecule has 2 N–H and O–H groups in total. The minimum Gasteiger partial charge on any atom is -0.491 e. The van der Waals surface area contributed by atoms with Crippen molar-refractivity contribution in [1.82, 2.24) is 10.2 Å². The average molecular weight is 278 g/mol. The number of rotatable bonds is 7. The van der Waals surface area contributed by atoms with E-state index in [2.05, 4.69) is 17.3 Å². The normalized spacial score (nSPS) is 19.1. The Morgan fingerprint density at radius 1 is 1.50 bits per heavy atom. The van der Waals surface area contributed by atoms with Crippen LogP contribution in [0.25, 0.3) is 0 Å². The van der Waals surface area contributed by atoms with Gasteiger partial charge in [-0.05, 0) is 44.6 Å². The van der Waals surface area contributed by atoms with Gasteiger partial charge in [-0.3, -0.25) is 0 Å². The van der Waals surface area contributed by atoms with Crippen molar-refractivity contribution in [1.29, 1.82) is 0 Å². The van der Waals surface area contributed by atoms with Crippen LogP contribution in [0.5, 0.6) is 5.75 Å². The molecule has 0 spiro atoms. The number of ether oxygens (including phenoxy) is 1. The SMILES string of the molecule is CN1CCC(CNCCOc2ccccc2C(=O)O)C1. The Labute approximate surface area is 119 Å². The van der Waals surface area contributed by atoms with Crippen molar-refractivity contribution >= 4 is 5.97 Å². The van der Waals surface area contributed by atoms with Gasteiger partial charge in [0.05, 0.1) is 0 Å². The van der Waals surface area contributed by atoms with Crippen molar-refractivity contribution in [3.63, 3.8) is 0 Å². The Bertz CT molecular complexity index is 450. The summed E-state index contributed by atoms with van der Waals surface area (Å²) in [6.07, 6.45) is 1.24. The maximum absolute atomic E-state index is 11.0. The van der Waals surface area contributed by atoms with Gasteiger partial charge in [-0.15, -0.1) is 0 Å². The molecule has 2 rings (SSSR count). The predicted octanol–water partition coefficient (Wildman–Crippen LogP) is 1.30. The molecular weight excluding hydrogens is 256 g/mol. The molecule has 1 unspecified atom stereocenters. The molecule has 0 radical (unpaired) electrons. The molecule has 0 saturated carbocycles. The third kappa shape index (κ3) is 4.21. The summed E-state index contributed by atoms with van der Waals surface area (Å²) < 4.78 is 5.53. The summed E-state index contributed by atoms with van der Waals surface area (Å²) in [5.74, 6) is 0.191. The molecule has 0 aliphatic carbocycles. The van der Waals surface area contributed by atoms with Gasteiger partial charge in [-0.1, -0.05) is 12.1 Å². The van der Waals surface area contributed by atoms with Crippen molar-refractivity contribution in [2.45, 2.75) is 6.42 Å². The van der Waals surface area contributed by atoms with Gasteiger partial charge in [0.25, 0.3) is 0 Å². The second kappa shape index (κ2) is 7.26. The number of benzene rings is 1. The van der Waals surface area contributed by atoms with Gasteiger partial charge in [-0.2, -0.15) is 0 Å². The van der Waals surface area contributed by atoms with E-state index in [0.29, 0.717) is 18.3 Å². The first kappa shape index (κ1) is 14.8. The molecule has 1 aromatic carbocycles. The zero-order chi connectivity index (χ0) is 14.4. The first-order valence-electron chi connectivity index (χ1n) is 7.01. The lowest BCUT2D eigenvalue weighted by atomic mass is 10.1. The van der Waals surface area contributed by atoms with E-state index in [-0.39, 0.29) is 5.56 Å². The van der Waals surface area contributed by atoms with Gasteiger partial charge in [-0.25, -0.2) is 4.79 Å². The van der Waals surface area contributed by atoms with E-state index in [1.165, 1.54) is 13.0 Å². The Kier molecular flexibility index (Phi) is 5.38. The van der Waals surface area contributed by atoms with Crippen LogP contribution in [0.1, 0.15) is 16.8 Å². The molecule has 1 fully saturated rings. The molecule has 5 nitrogen and oxygen atoms in total. The smallest absolute Gasteiger partial charge is 0.339 e. The van der Waals surface area contributed by atoms with Crippen LogP contribution in [0.3, 0.4) is 0 Å². The van der Waals surface area contributed by atoms with Crippen LogP contribution in [-0.2, 0) is 0 Å². The summed E-state index contributed by atoms with van der Waals surface area (Å²) >= 11 is 0. The van der Waals surface area contributed by atoms with Gasteiger partial charge >= 0.3 is 5.97 Å². The van der Waals surface area contributed by atoms with Crippen molar-refractivity contribution < 1.29 is 14.6 Å².